The molecule has 0 radical (unpaired) electrons. The van der Waals surface area contributed by atoms with Crippen LogP contribution in [0.3, 0.4) is 0 Å². The standard InChI is InChI=1S/C43H53NO6/c1-29(2)42(47)49-40-20-18-33(27-45)24-36(40)16-10-12-32-13-11-17-37(25-32)44(31(5)6)23-22-38(35-14-8-7-9-15-35)39-26-34(28-46)19-21-41(39)50-43(48)30(3)4/h7-9,11,13-15,17-21,24-26,29-31,38,45-46H,10,12,16,22-23,27-28H2,1-6H3/t38-/m0/s1. The Morgan fingerprint density at radius 3 is 1.90 bits per heavy atom. The number of aliphatic hydroxyl groups excluding tert-OH is 2. The molecule has 0 saturated carbocycles. The fourth-order valence-corrected chi connectivity index (χ4v) is 6.05. The van der Waals surface area contributed by atoms with Crippen molar-refractivity contribution in [2.24, 2.45) is 11.8 Å². The molecule has 0 amide bonds. The number of hydrogen-bond acceptors (Lipinski definition) is 7. The molecule has 0 saturated heterocycles. The van der Waals surface area contributed by atoms with E-state index in [9.17, 15) is 19.8 Å². The maximum Gasteiger partial charge on any atom is 0.313 e. The number of rotatable bonds is 17. The van der Waals surface area contributed by atoms with E-state index in [0.29, 0.717) is 17.9 Å². The normalized spacial score (nSPS) is 12.0. The van der Waals surface area contributed by atoms with Gasteiger partial charge in [-0.1, -0.05) is 82.3 Å². The average molecular weight is 680 g/mol. The molecule has 7 nitrogen and oxygen atoms in total. The predicted molar refractivity (Wildman–Crippen MR) is 200 cm³/mol. The van der Waals surface area contributed by atoms with Crippen LogP contribution >= 0.6 is 0 Å². The molecule has 0 aliphatic rings. The molecule has 0 unspecified atom stereocenters. The first-order valence-electron chi connectivity index (χ1n) is 17.8. The van der Waals surface area contributed by atoms with Crippen LogP contribution < -0.4 is 14.4 Å². The minimum absolute atomic E-state index is 0.0686. The first-order valence-corrected chi connectivity index (χ1v) is 17.8. The molecule has 0 aromatic heterocycles. The Kier molecular flexibility index (Phi) is 14.2. The number of aliphatic hydroxyl groups is 2. The Balaban J connectivity index is 1.55. The van der Waals surface area contributed by atoms with E-state index in [2.05, 4.69) is 55.1 Å². The van der Waals surface area contributed by atoms with Gasteiger partial charge in [-0.05, 0) is 104 Å². The van der Waals surface area contributed by atoms with Gasteiger partial charge in [0.05, 0.1) is 25.0 Å². The number of aryl methyl sites for hydroxylation is 2. The lowest BCUT2D eigenvalue weighted by molar-refractivity contribution is -0.138. The van der Waals surface area contributed by atoms with Crippen molar-refractivity contribution in [1.29, 1.82) is 0 Å². The summed E-state index contributed by atoms with van der Waals surface area (Å²) >= 11 is 0. The lowest BCUT2D eigenvalue weighted by Gasteiger charge is -2.32. The molecule has 4 rings (SSSR count). The topological polar surface area (TPSA) is 96.3 Å². The molecule has 2 N–H and O–H groups in total. The average Bonchev–Trinajstić information content (AvgIpc) is 3.11. The van der Waals surface area contributed by atoms with Crippen molar-refractivity contribution in [2.75, 3.05) is 11.4 Å². The van der Waals surface area contributed by atoms with Crippen LogP contribution in [0.1, 0.15) is 93.7 Å². The number of nitrogens with zero attached hydrogens (tertiary/aromatic N) is 1. The van der Waals surface area contributed by atoms with Gasteiger partial charge in [0.15, 0.2) is 0 Å². The summed E-state index contributed by atoms with van der Waals surface area (Å²) < 4.78 is 11.6. The molecule has 1 atom stereocenters. The zero-order valence-corrected chi connectivity index (χ0v) is 30.4. The molecular weight excluding hydrogens is 626 g/mol. The molecule has 0 spiro atoms. The lowest BCUT2D eigenvalue weighted by Crippen LogP contribution is -2.32. The molecule has 0 aliphatic carbocycles. The molecule has 4 aromatic rings. The number of anilines is 1. The van der Waals surface area contributed by atoms with Crippen LogP contribution in [-0.2, 0) is 35.6 Å². The van der Waals surface area contributed by atoms with E-state index in [-0.39, 0.29) is 48.9 Å². The third kappa shape index (κ3) is 10.5. The van der Waals surface area contributed by atoms with Gasteiger partial charge in [-0.2, -0.15) is 0 Å². The Morgan fingerprint density at radius 1 is 0.660 bits per heavy atom. The zero-order valence-electron chi connectivity index (χ0n) is 30.4. The van der Waals surface area contributed by atoms with Gasteiger partial charge < -0.3 is 24.6 Å². The molecule has 266 valence electrons. The second-order valence-electron chi connectivity index (χ2n) is 13.8. The van der Waals surface area contributed by atoms with Crippen molar-refractivity contribution >= 4 is 17.6 Å². The van der Waals surface area contributed by atoms with E-state index in [1.54, 1.807) is 18.2 Å². The Hall–Kier alpha value is -4.46. The monoisotopic (exact) mass is 679 g/mol. The molecular formula is C43H53NO6. The van der Waals surface area contributed by atoms with Gasteiger partial charge in [0.2, 0.25) is 0 Å². The van der Waals surface area contributed by atoms with Gasteiger partial charge in [0.1, 0.15) is 11.5 Å². The van der Waals surface area contributed by atoms with E-state index in [0.717, 1.165) is 59.3 Å². The van der Waals surface area contributed by atoms with E-state index in [1.807, 2.05) is 64.1 Å². The molecule has 0 aliphatic heterocycles. The van der Waals surface area contributed by atoms with E-state index in [4.69, 9.17) is 9.47 Å². The number of hydrogen-bond donors (Lipinski definition) is 2. The highest BCUT2D eigenvalue weighted by atomic mass is 16.5. The van der Waals surface area contributed by atoms with Crippen LogP contribution in [0.5, 0.6) is 11.5 Å². The number of carbonyl (C=O) groups excluding carboxylic acids is 2. The van der Waals surface area contributed by atoms with E-state index >= 15 is 0 Å². The van der Waals surface area contributed by atoms with Crippen molar-refractivity contribution < 1.29 is 29.3 Å². The van der Waals surface area contributed by atoms with E-state index in [1.165, 1.54) is 5.56 Å². The summed E-state index contributed by atoms with van der Waals surface area (Å²) in [5, 5.41) is 19.7. The van der Waals surface area contributed by atoms with Gasteiger partial charge in [0, 0.05) is 29.8 Å². The summed E-state index contributed by atoms with van der Waals surface area (Å²) in [7, 11) is 0. The van der Waals surface area contributed by atoms with Gasteiger partial charge in [0.25, 0.3) is 0 Å². The minimum Gasteiger partial charge on any atom is -0.426 e. The highest BCUT2D eigenvalue weighted by Crippen LogP contribution is 2.37. The maximum atomic E-state index is 12.7. The van der Waals surface area contributed by atoms with Crippen LogP contribution in [0.4, 0.5) is 5.69 Å². The van der Waals surface area contributed by atoms with Crippen LogP contribution in [0.25, 0.3) is 0 Å². The zero-order chi connectivity index (χ0) is 36.2. The lowest BCUT2D eigenvalue weighted by atomic mass is 9.86. The number of ether oxygens (including phenoxy) is 2. The second kappa shape index (κ2) is 18.5. The van der Waals surface area contributed by atoms with Crippen molar-refractivity contribution in [3.63, 3.8) is 0 Å². The summed E-state index contributed by atoms with van der Waals surface area (Å²) in [6, 6.07) is 30.2. The van der Waals surface area contributed by atoms with Crippen molar-refractivity contribution in [3.05, 3.63) is 124 Å². The minimum atomic E-state index is -0.288. The van der Waals surface area contributed by atoms with Crippen LogP contribution in [0, 0.1) is 11.8 Å². The Labute approximate surface area is 297 Å². The van der Waals surface area contributed by atoms with Crippen LogP contribution in [0.2, 0.25) is 0 Å². The Bertz CT molecular complexity index is 1700. The number of esters is 2. The van der Waals surface area contributed by atoms with Crippen molar-refractivity contribution in [3.8, 4) is 11.5 Å². The smallest absolute Gasteiger partial charge is 0.313 e. The van der Waals surface area contributed by atoms with Crippen LogP contribution in [0.15, 0.2) is 91.0 Å². The third-order valence-electron chi connectivity index (χ3n) is 8.94. The third-order valence-corrected chi connectivity index (χ3v) is 8.94. The predicted octanol–water partition coefficient (Wildman–Crippen LogP) is 8.41. The number of benzene rings is 4. The SMILES string of the molecule is CC(C)C(=O)Oc1ccc(CO)cc1CCCc1cccc(N(CC[C@@H](c2ccccc2)c2cc(CO)ccc2OC(=O)C(C)C)C(C)C)c1. The quantitative estimate of drug-likeness (QED) is 0.0855. The van der Waals surface area contributed by atoms with Gasteiger partial charge >= 0.3 is 11.9 Å². The van der Waals surface area contributed by atoms with Gasteiger partial charge in [-0.15, -0.1) is 0 Å². The molecule has 7 heteroatoms. The van der Waals surface area contributed by atoms with Crippen molar-refractivity contribution in [2.45, 2.75) is 92.4 Å². The summed E-state index contributed by atoms with van der Waals surface area (Å²) in [6.07, 6.45) is 3.15. The molecule has 0 fully saturated rings. The molecule has 0 bridgehead atoms. The summed E-state index contributed by atoms with van der Waals surface area (Å²) in [5.41, 5.74) is 6.83. The van der Waals surface area contributed by atoms with Crippen molar-refractivity contribution in [1.82, 2.24) is 0 Å². The summed E-state index contributed by atoms with van der Waals surface area (Å²) in [4.78, 5) is 27.4. The van der Waals surface area contributed by atoms with Gasteiger partial charge in [-0.25, -0.2) is 0 Å². The first-order chi connectivity index (χ1) is 24.0. The molecule has 4 aromatic carbocycles. The highest BCUT2D eigenvalue weighted by molar-refractivity contribution is 5.75. The number of carbonyl (C=O) groups is 2. The fraction of sp³-hybridized carbons (Fsp3) is 0.395. The largest absolute Gasteiger partial charge is 0.426 e. The van der Waals surface area contributed by atoms with Gasteiger partial charge in [-0.3, -0.25) is 9.59 Å². The summed E-state index contributed by atoms with van der Waals surface area (Å²) in [6.45, 7) is 12.2. The second-order valence-corrected chi connectivity index (χ2v) is 13.8. The van der Waals surface area contributed by atoms with E-state index < -0.39 is 0 Å². The maximum absolute atomic E-state index is 12.7. The Morgan fingerprint density at radius 2 is 1.28 bits per heavy atom. The fourth-order valence-electron chi connectivity index (χ4n) is 6.05. The van der Waals surface area contributed by atoms with Crippen LogP contribution in [-0.4, -0.2) is 34.7 Å². The first kappa shape index (κ1) is 38.3. The molecule has 0 heterocycles. The highest BCUT2D eigenvalue weighted by Gasteiger charge is 2.24. The summed E-state index contributed by atoms with van der Waals surface area (Å²) in [5.74, 6) is -0.0488. The molecule has 50 heavy (non-hydrogen) atoms.